The Morgan fingerprint density at radius 2 is 2.10 bits per heavy atom. The summed E-state index contributed by atoms with van der Waals surface area (Å²) in [5.41, 5.74) is 1.47. The molecular formula is C2HN3O4S. The van der Waals surface area contributed by atoms with Crippen LogP contribution in [0.1, 0.15) is 0 Å². The van der Waals surface area contributed by atoms with Gasteiger partial charge in [0.2, 0.25) is 0 Å². The van der Waals surface area contributed by atoms with Crippen LogP contribution in [-0.2, 0) is 15.3 Å². The number of nitrogens with one attached hydrogen (secondary N) is 1. The number of amides is 2. The van der Waals surface area contributed by atoms with Crippen molar-refractivity contribution in [3.05, 3.63) is 0 Å². The van der Waals surface area contributed by atoms with Crippen LogP contribution in [0.5, 0.6) is 0 Å². The zero-order valence-electron chi connectivity index (χ0n) is 4.44. The SMILES string of the molecule is O=C=NNC(=O)N=S(=O)=O. The fraction of sp³-hybridized carbons (Fsp3) is 0. The third-order valence-corrected chi connectivity index (χ3v) is 0.670. The summed E-state index contributed by atoms with van der Waals surface area (Å²) in [4.78, 5) is 19.4. The van der Waals surface area contributed by atoms with Gasteiger partial charge in [0, 0.05) is 0 Å². The molecule has 10 heavy (non-hydrogen) atoms. The summed E-state index contributed by atoms with van der Waals surface area (Å²) in [6.07, 6.45) is 0.954. The number of rotatable bonds is 1. The van der Waals surface area contributed by atoms with Crippen molar-refractivity contribution in [3.63, 3.8) is 0 Å². The van der Waals surface area contributed by atoms with E-state index in [2.05, 4.69) is 9.46 Å². The maximum Gasteiger partial charge on any atom is 0.376 e. The molecule has 0 aliphatic heterocycles. The van der Waals surface area contributed by atoms with Gasteiger partial charge in [-0.05, 0) is 0 Å². The number of carbonyl (C=O) groups is 1. The molecule has 0 atom stereocenters. The zero-order valence-corrected chi connectivity index (χ0v) is 5.25. The second-order valence-electron chi connectivity index (χ2n) is 0.928. The summed E-state index contributed by atoms with van der Waals surface area (Å²) >= 11 is 0. The molecule has 0 aromatic heterocycles. The van der Waals surface area contributed by atoms with Crippen molar-refractivity contribution in [2.45, 2.75) is 0 Å². The van der Waals surface area contributed by atoms with Crippen molar-refractivity contribution >= 4 is 22.6 Å². The number of hydrazone groups is 1. The Labute approximate surface area is 56.4 Å². The van der Waals surface area contributed by atoms with Crippen molar-refractivity contribution in [3.8, 4) is 0 Å². The van der Waals surface area contributed by atoms with Gasteiger partial charge in [0.1, 0.15) is 0 Å². The molecule has 2 amide bonds. The summed E-state index contributed by atoms with van der Waals surface area (Å²) in [5.74, 6) is 0. The molecule has 0 aliphatic carbocycles. The van der Waals surface area contributed by atoms with Gasteiger partial charge < -0.3 is 0 Å². The zero-order chi connectivity index (χ0) is 7.98. The van der Waals surface area contributed by atoms with E-state index >= 15 is 0 Å². The second-order valence-corrected chi connectivity index (χ2v) is 1.55. The van der Waals surface area contributed by atoms with Crippen LogP contribution in [0, 0.1) is 0 Å². The maximum atomic E-state index is 10.1. The van der Waals surface area contributed by atoms with Gasteiger partial charge in [-0.2, -0.15) is 8.42 Å². The number of hydrogen-bond acceptors (Lipinski definition) is 5. The van der Waals surface area contributed by atoms with Crippen LogP contribution in [0.4, 0.5) is 4.79 Å². The molecule has 0 fully saturated rings. The first kappa shape index (κ1) is 8.47. The highest BCUT2D eigenvalue weighted by Crippen LogP contribution is 1.69. The molecule has 0 bridgehead atoms. The highest BCUT2D eigenvalue weighted by atomic mass is 32.2. The normalized spacial score (nSPS) is 7.20. The third-order valence-electron chi connectivity index (χ3n) is 0.355. The predicted molar refractivity (Wildman–Crippen MR) is 28.0 cm³/mol. The van der Waals surface area contributed by atoms with Crippen LogP contribution < -0.4 is 5.43 Å². The average molecular weight is 163 g/mol. The van der Waals surface area contributed by atoms with E-state index in [1.54, 1.807) is 0 Å². The standard InChI is InChI=1S/C2HN3O4S/c6-1-3-4-2(7)5-10(8)9/h(H,4,7). The van der Waals surface area contributed by atoms with Crippen molar-refractivity contribution in [2.24, 2.45) is 9.46 Å². The minimum Gasteiger partial charge on any atom is -0.243 e. The first-order valence-corrected chi connectivity index (χ1v) is 2.88. The summed E-state index contributed by atoms with van der Waals surface area (Å²) in [6.45, 7) is 0. The molecule has 0 aromatic carbocycles. The Hall–Kier alpha value is -1.53. The second kappa shape index (κ2) is 4.36. The fourth-order valence-corrected chi connectivity index (χ4v) is 0.335. The highest BCUT2D eigenvalue weighted by Gasteiger charge is 1.92. The highest BCUT2D eigenvalue weighted by molar-refractivity contribution is 7.62. The molecule has 0 aliphatic rings. The van der Waals surface area contributed by atoms with Crippen LogP contribution >= 0.6 is 0 Å². The van der Waals surface area contributed by atoms with E-state index in [0.717, 1.165) is 6.08 Å². The molecule has 7 nitrogen and oxygen atoms in total. The number of hydrogen-bond donors (Lipinski definition) is 1. The molecule has 0 heterocycles. The van der Waals surface area contributed by atoms with Crippen molar-refractivity contribution in [1.29, 1.82) is 0 Å². The average Bonchev–Trinajstić information content (AvgIpc) is 1.82. The van der Waals surface area contributed by atoms with Crippen molar-refractivity contribution in [1.82, 2.24) is 5.43 Å². The van der Waals surface area contributed by atoms with E-state index in [4.69, 9.17) is 0 Å². The number of urea groups is 1. The van der Waals surface area contributed by atoms with Crippen molar-refractivity contribution < 1.29 is 18.0 Å². The minimum atomic E-state index is -2.83. The summed E-state index contributed by atoms with van der Waals surface area (Å²) in [6, 6.07) is -1.24. The van der Waals surface area contributed by atoms with Crippen LogP contribution in [0.3, 0.4) is 0 Å². The number of carbonyl (C=O) groups excluding carboxylic acids is 2. The minimum absolute atomic E-state index is 0.954. The largest absolute Gasteiger partial charge is 0.376 e. The summed E-state index contributed by atoms with van der Waals surface area (Å²) in [5, 5.41) is 2.55. The Morgan fingerprint density at radius 1 is 1.50 bits per heavy atom. The van der Waals surface area contributed by atoms with Gasteiger partial charge >= 0.3 is 16.5 Å². The lowest BCUT2D eigenvalue weighted by molar-refractivity contribution is 0.250. The van der Waals surface area contributed by atoms with E-state index in [-0.39, 0.29) is 0 Å². The lowest BCUT2D eigenvalue weighted by atomic mass is 11.1. The number of isocyanates is 1. The Morgan fingerprint density at radius 3 is 2.50 bits per heavy atom. The summed E-state index contributed by atoms with van der Waals surface area (Å²) in [7, 11) is -2.83. The molecule has 0 rings (SSSR count). The van der Waals surface area contributed by atoms with E-state index in [1.165, 1.54) is 5.43 Å². The van der Waals surface area contributed by atoms with Gasteiger partial charge in [0.05, 0.1) is 0 Å². The Kier molecular flexibility index (Phi) is 3.69. The summed E-state index contributed by atoms with van der Waals surface area (Å²) < 4.78 is 21.6. The van der Waals surface area contributed by atoms with Crippen LogP contribution in [0.2, 0.25) is 0 Å². The van der Waals surface area contributed by atoms with Crippen LogP contribution in [-0.4, -0.2) is 20.5 Å². The molecule has 0 aromatic rings. The molecule has 0 radical (unpaired) electrons. The van der Waals surface area contributed by atoms with Gasteiger partial charge in [0.25, 0.3) is 6.08 Å². The Balaban J connectivity index is 4.14. The van der Waals surface area contributed by atoms with E-state index in [0.29, 0.717) is 0 Å². The number of nitrogens with zero attached hydrogens (tertiary/aromatic N) is 2. The predicted octanol–water partition coefficient (Wildman–Crippen LogP) is -0.990. The van der Waals surface area contributed by atoms with Gasteiger partial charge in [-0.1, -0.05) is 9.46 Å². The van der Waals surface area contributed by atoms with Gasteiger partial charge in [-0.25, -0.2) is 15.0 Å². The molecule has 0 spiro atoms. The lowest BCUT2D eigenvalue weighted by Crippen LogP contribution is -2.10. The molecular weight excluding hydrogens is 162 g/mol. The van der Waals surface area contributed by atoms with Crippen LogP contribution in [0.15, 0.2) is 9.46 Å². The topological polar surface area (TPSA) is 105 Å². The van der Waals surface area contributed by atoms with Gasteiger partial charge in [-0.15, -0.1) is 0 Å². The van der Waals surface area contributed by atoms with Gasteiger partial charge in [-0.3, -0.25) is 0 Å². The molecule has 0 saturated carbocycles. The lowest BCUT2D eigenvalue weighted by Gasteiger charge is -1.80. The first-order valence-electron chi connectivity index (χ1n) is 1.84. The van der Waals surface area contributed by atoms with E-state index < -0.39 is 16.5 Å². The first-order chi connectivity index (χ1) is 4.66. The fourth-order valence-electron chi connectivity index (χ4n) is 0.159. The van der Waals surface area contributed by atoms with E-state index in [9.17, 15) is 18.0 Å². The molecule has 0 unspecified atom stereocenters. The van der Waals surface area contributed by atoms with Crippen molar-refractivity contribution in [2.75, 3.05) is 0 Å². The molecule has 8 heteroatoms. The third kappa shape index (κ3) is 4.62. The van der Waals surface area contributed by atoms with E-state index in [1.807, 2.05) is 0 Å². The Bertz CT molecular complexity index is 288. The van der Waals surface area contributed by atoms with Gasteiger partial charge in [0.15, 0.2) is 0 Å². The quantitative estimate of drug-likeness (QED) is 0.304. The monoisotopic (exact) mass is 163 g/mol. The molecule has 0 saturated heterocycles. The molecule has 1 N–H and O–H groups in total. The maximum absolute atomic E-state index is 10.1. The smallest absolute Gasteiger partial charge is 0.243 e. The van der Waals surface area contributed by atoms with Crippen LogP contribution in [0.25, 0.3) is 0 Å². The molecule has 54 valence electrons.